The molecule has 5 rings (SSSR count). The molecular weight excluding hydrogens is 414 g/mol. The molecule has 3 aliphatic rings. The average Bonchev–Trinajstić information content (AvgIpc) is 3.09. The van der Waals surface area contributed by atoms with Crippen LogP contribution in [0.5, 0.6) is 0 Å². The van der Waals surface area contributed by atoms with E-state index in [0.29, 0.717) is 10.6 Å². The third kappa shape index (κ3) is 3.87. The fraction of sp³-hybridized carbons (Fsp3) is 0.458. The Kier molecular flexibility index (Phi) is 5.88. The van der Waals surface area contributed by atoms with Crippen molar-refractivity contribution in [2.24, 2.45) is 23.7 Å². The first kappa shape index (κ1) is 21.6. The summed E-state index contributed by atoms with van der Waals surface area (Å²) in [5.41, 5.74) is 3.05. The predicted molar refractivity (Wildman–Crippen MR) is 119 cm³/mol. The van der Waals surface area contributed by atoms with E-state index in [0.717, 1.165) is 47.3 Å². The van der Waals surface area contributed by atoms with Gasteiger partial charge in [-0.1, -0.05) is 29.8 Å². The molecular formula is C24H27NO5S. The number of anilines is 1. The number of carbonyl (C=O) groups is 3. The van der Waals surface area contributed by atoms with Crippen LogP contribution >= 0.6 is 11.3 Å². The molecule has 6 nitrogen and oxygen atoms in total. The van der Waals surface area contributed by atoms with E-state index in [1.807, 2.05) is 38.1 Å². The van der Waals surface area contributed by atoms with E-state index in [1.165, 1.54) is 18.4 Å². The number of aryl methyl sites for hydroxylation is 2. The number of thiophene rings is 1. The molecule has 0 saturated heterocycles. The van der Waals surface area contributed by atoms with Crippen molar-refractivity contribution in [3.05, 3.63) is 40.3 Å². The average molecular weight is 442 g/mol. The molecule has 0 unspecified atom stereocenters. The molecule has 2 N–H and O–H groups in total. The standard InChI is InChI=1S/C24H27NO5S/c1-12-4-6-14(7-5-12)17-13(2)31-22(20(17)24(29)30-3)25-21(26)18-15-8-10-16(11-9-15)19(18)23(27)28/h4-7,15-16,18-19H,8-11H2,1-3H3,(H,25,26)(H,27,28)/t15?,16?,18-,19-/m0/s1. The predicted octanol–water partition coefficient (Wildman–Crippen LogP) is 4.89. The van der Waals surface area contributed by atoms with Crippen molar-refractivity contribution < 1.29 is 24.2 Å². The lowest BCUT2D eigenvalue weighted by Crippen LogP contribution is -2.49. The Bertz CT molecular complexity index is 1020. The third-order valence-electron chi connectivity index (χ3n) is 6.86. The van der Waals surface area contributed by atoms with Crippen LogP contribution in [-0.2, 0) is 14.3 Å². The maximum atomic E-state index is 13.3. The summed E-state index contributed by atoms with van der Waals surface area (Å²) in [7, 11) is 1.32. The number of nitrogens with one attached hydrogen (secondary N) is 1. The third-order valence-corrected chi connectivity index (χ3v) is 7.88. The highest BCUT2D eigenvalue weighted by molar-refractivity contribution is 7.17. The summed E-state index contributed by atoms with van der Waals surface area (Å²) >= 11 is 1.33. The van der Waals surface area contributed by atoms with Gasteiger partial charge in [-0.3, -0.25) is 9.59 Å². The zero-order valence-corrected chi connectivity index (χ0v) is 18.8. The van der Waals surface area contributed by atoms with Crippen molar-refractivity contribution in [3.8, 4) is 11.1 Å². The summed E-state index contributed by atoms with van der Waals surface area (Å²) < 4.78 is 5.03. The van der Waals surface area contributed by atoms with Gasteiger partial charge in [0, 0.05) is 10.4 Å². The first-order valence-electron chi connectivity index (χ1n) is 10.6. The van der Waals surface area contributed by atoms with Crippen molar-refractivity contribution >= 4 is 34.2 Å². The van der Waals surface area contributed by atoms with E-state index in [9.17, 15) is 19.5 Å². The van der Waals surface area contributed by atoms with Crippen LogP contribution in [-0.4, -0.2) is 30.1 Å². The number of carbonyl (C=O) groups excluding carboxylic acids is 2. The number of aliphatic carboxylic acids is 1. The zero-order chi connectivity index (χ0) is 22.3. The van der Waals surface area contributed by atoms with Gasteiger partial charge in [-0.05, 0) is 56.9 Å². The highest BCUT2D eigenvalue weighted by Gasteiger charge is 2.50. The lowest BCUT2D eigenvalue weighted by atomic mass is 9.58. The summed E-state index contributed by atoms with van der Waals surface area (Å²) in [6, 6.07) is 7.84. The van der Waals surface area contributed by atoms with Gasteiger partial charge in [0.25, 0.3) is 0 Å². The summed E-state index contributed by atoms with van der Waals surface area (Å²) in [6.07, 6.45) is 3.51. The van der Waals surface area contributed by atoms with Gasteiger partial charge in [0.05, 0.1) is 18.9 Å². The van der Waals surface area contributed by atoms with Gasteiger partial charge in [-0.15, -0.1) is 11.3 Å². The van der Waals surface area contributed by atoms with Crippen LogP contribution in [0.1, 0.15) is 46.5 Å². The van der Waals surface area contributed by atoms with Crippen LogP contribution in [0.25, 0.3) is 11.1 Å². The molecule has 1 heterocycles. The quantitative estimate of drug-likeness (QED) is 0.644. The van der Waals surface area contributed by atoms with Crippen LogP contribution in [0, 0.1) is 37.5 Å². The molecule has 31 heavy (non-hydrogen) atoms. The topological polar surface area (TPSA) is 92.7 Å². The Morgan fingerprint density at radius 2 is 1.58 bits per heavy atom. The number of ether oxygens (including phenoxy) is 1. The van der Waals surface area contributed by atoms with Crippen molar-refractivity contribution in [3.63, 3.8) is 0 Å². The Hall–Kier alpha value is -2.67. The number of rotatable bonds is 5. The summed E-state index contributed by atoms with van der Waals surface area (Å²) in [4.78, 5) is 38.9. The van der Waals surface area contributed by atoms with Crippen molar-refractivity contribution in [1.29, 1.82) is 0 Å². The van der Waals surface area contributed by atoms with Gasteiger partial charge in [-0.25, -0.2) is 4.79 Å². The minimum atomic E-state index is -0.898. The number of methoxy groups -OCH3 is 1. The first-order valence-corrected chi connectivity index (χ1v) is 11.5. The smallest absolute Gasteiger partial charge is 0.341 e. The van der Waals surface area contributed by atoms with Gasteiger partial charge in [-0.2, -0.15) is 0 Å². The molecule has 3 aliphatic carbocycles. The number of benzene rings is 1. The number of esters is 1. The second-order valence-corrected chi connectivity index (χ2v) is 9.87. The molecule has 3 fully saturated rings. The second kappa shape index (κ2) is 8.46. The van der Waals surface area contributed by atoms with E-state index < -0.39 is 23.8 Å². The fourth-order valence-electron chi connectivity index (χ4n) is 5.37. The largest absolute Gasteiger partial charge is 0.481 e. The molecule has 1 aromatic carbocycles. The number of carboxylic acids is 1. The normalized spacial score (nSPS) is 24.6. The Balaban J connectivity index is 1.70. The number of carboxylic acid groups (broad SMARTS) is 1. The summed E-state index contributed by atoms with van der Waals surface area (Å²) in [5.74, 6) is -2.83. The molecule has 1 aromatic heterocycles. The molecule has 3 saturated carbocycles. The van der Waals surface area contributed by atoms with Gasteiger partial charge >= 0.3 is 11.9 Å². The Morgan fingerprint density at radius 3 is 2.13 bits per heavy atom. The maximum Gasteiger partial charge on any atom is 0.341 e. The second-order valence-electron chi connectivity index (χ2n) is 8.65. The summed E-state index contributed by atoms with van der Waals surface area (Å²) in [6.45, 7) is 3.90. The summed E-state index contributed by atoms with van der Waals surface area (Å²) in [5, 5.41) is 13.1. The maximum absolute atomic E-state index is 13.3. The van der Waals surface area contributed by atoms with Gasteiger partial charge in [0.2, 0.25) is 5.91 Å². The molecule has 1 amide bonds. The molecule has 0 spiro atoms. The minimum Gasteiger partial charge on any atom is -0.481 e. The fourth-order valence-corrected chi connectivity index (χ4v) is 6.44. The first-order chi connectivity index (χ1) is 14.8. The molecule has 0 aliphatic heterocycles. The molecule has 7 heteroatoms. The van der Waals surface area contributed by atoms with Crippen LogP contribution in [0.15, 0.2) is 24.3 Å². The molecule has 164 valence electrons. The van der Waals surface area contributed by atoms with Crippen LogP contribution in [0.3, 0.4) is 0 Å². The molecule has 2 atom stereocenters. The van der Waals surface area contributed by atoms with E-state index in [-0.39, 0.29) is 17.7 Å². The lowest BCUT2D eigenvalue weighted by molar-refractivity contribution is -0.156. The van der Waals surface area contributed by atoms with Gasteiger partial charge in [0.15, 0.2) is 0 Å². The van der Waals surface area contributed by atoms with Crippen molar-refractivity contribution in [2.45, 2.75) is 39.5 Å². The molecule has 0 radical (unpaired) electrons. The van der Waals surface area contributed by atoms with Crippen LogP contribution in [0.2, 0.25) is 0 Å². The highest BCUT2D eigenvalue weighted by atomic mass is 32.1. The number of hydrogen-bond acceptors (Lipinski definition) is 5. The van der Waals surface area contributed by atoms with E-state index in [1.54, 1.807) is 0 Å². The van der Waals surface area contributed by atoms with Crippen LogP contribution in [0.4, 0.5) is 5.00 Å². The van der Waals surface area contributed by atoms with E-state index in [4.69, 9.17) is 4.74 Å². The number of amides is 1. The molecule has 2 aromatic rings. The number of fused-ring (bicyclic) bond motifs is 3. The Morgan fingerprint density at radius 1 is 1.00 bits per heavy atom. The van der Waals surface area contributed by atoms with E-state index >= 15 is 0 Å². The van der Waals surface area contributed by atoms with Crippen molar-refractivity contribution in [1.82, 2.24) is 0 Å². The van der Waals surface area contributed by atoms with Crippen LogP contribution < -0.4 is 5.32 Å². The lowest BCUT2D eigenvalue weighted by Gasteiger charge is -2.45. The van der Waals surface area contributed by atoms with Gasteiger partial charge < -0.3 is 15.2 Å². The monoisotopic (exact) mass is 441 g/mol. The van der Waals surface area contributed by atoms with Crippen molar-refractivity contribution in [2.75, 3.05) is 12.4 Å². The molecule has 2 bridgehead atoms. The highest BCUT2D eigenvalue weighted by Crippen LogP contribution is 2.50. The SMILES string of the molecule is COC(=O)c1c(NC(=O)[C@H]2C3CCC(CC3)[C@@H]2C(=O)O)sc(C)c1-c1ccc(C)cc1. The Labute approximate surface area is 185 Å². The minimum absolute atomic E-state index is 0.0477. The van der Waals surface area contributed by atoms with Gasteiger partial charge in [0.1, 0.15) is 10.6 Å². The zero-order valence-electron chi connectivity index (χ0n) is 17.9. The number of hydrogen-bond donors (Lipinski definition) is 2. The van der Waals surface area contributed by atoms with E-state index in [2.05, 4.69) is 5.32 Å².